The van der Waals surface area contributed by atoms with Gasteiger partial charge in [-0.15, -0.1) is 11.3 Å². The fourth-order valence-corrected chi connectivity index (χ4v) is 2.97. The lowest BCUT2D eigenvalue weighted by Gasteiger charge is -2.10. The Kier molecular flexibility index (Phi) is 4.09. The van der Waals surface area contributed by atoms with Gasteiger partial charge >= 0.3 is 0 Å². The molecule has 0 fully saturated rings. The Labute approximate surface area is 140 Å². The van der Waals surface area contributed by atoms with Gasteiger partial charge in [-0.2, -0.15) is 0 Å². The molecule has 0 radical (unpaired) electrons. The molecule has 0 saturated heterocycles. The molecule has 0 aliphatic rings. The number of pyridine rings is 1. The quantitative estimate of drug-likeness (QED) is 0.742. The van der Waals surface area contributed by atoms with Crippen LogP contribution in [0.2, 0.25) is 0 Å². The number of fused-ring (bicyclic) bond motifs is 1. The van der Waals surface area contributed by atoms with Crippen molar-refractivity contribution in [3.05, 3.63) is 82.5 Å². The molecule has 5 nitrogen and oxygen atoms in total. The number of nitrogens with one attached hydrogen (secondary N) is 1. The van der Waals surface area contributed by atoms with E-state index in [2.05, 4.69) is 23.5 Å². The highest BCUT2D eigenvalue weighted by molar-refractivity contribution is 7.16. The second-order valence-corrected chi connectivity index (χ2v) is 5.73. The van der Waals surface area contributed by atoms with Crippen LogP contribution in [0.5, 0.6) is 0 Å². The molecule has 120 valence electrons. The van der Waals surface area contributed by atoms with Crippen LogP contribution in [0.1, 0.15) is 10.4 Å². The van der Waals surface area contributed by atoms with Gasteiger partial charge in [-0.1, -0.05) is 13.2 Å². The molecule has 0 aliphatic heterocycles. The van der Waals surface area contributed by atoms with Gasteiger partial charge in [0.15, 0.2) is 0 Å². The first kappa shape index (κ1) is 15.8. The summed E-state index contributed by atoms with van der Waals surface area (Å²) >= 11 is 1.26. The van der Waals surface area contributed by atoms with E-state index in [1.807, 2.05) is 0 Å². The first-order valence-electron chi connectivity index (χ1n) is 6.89. The van der Waals surface area contributed by atoms with Crippen molar-refractivity contribution in [2.75, 3.05) is 0 Å². The molecule has 1 amide bonds. The lowest BCUT2D eigenvalue weighted by molar-refractivity contribution is 0.0966. The number of nitrogens with zero attached hydrogens (tertiary/aromatic N) is 2. The smallest absolute Gasteiger partial charge is 0.269 e. The highest BCUT2D eigenvalue weighted by Gasteiger charge is 2.18. The fourth-order valence-electron chi connectivity index (χ4n) is 2.18. The largest absolute Gasteiger partial charge is 0.322 e. The zero-order chi connectivity index (χ0) is 17.3. The average Bonchev–Trinajstić information content (AvgIpc) is 3.03. The summed E-state index contributed by atoms with van der Waals surface area (Å²) in [6, 6.07) is 6.88. The lowest BCUT2D eigenvalue weighted by Crippen LogP contribution is -2.31. The molecule has 0 unspecified atom stereocenters. The van der Waals surface area contributed by atoms with Gasteiger partial charge in [-0.3, -0.25) is 14.2 Å². The predicted octanol–water partition coefficient (Wildman–Crippen LogP) is 3.02. The van der Waals surface area contributed by atoms with Crippen molar-refractivity contribution in [3.63, 3.8) is 0 Å². The second-order valence-electron chi connectivity index (χ2n) is 4.90. The number of halogens is 1. The van der Waals surface area contributed by atoms with Crippen molar-refractivity contribution in [1.82, 2.24) is 14.9 Å². The normalized spacial score (nSPS) is 10.5. The third-order valence-corrected chi connectivity index (χ3v) is 4.17. The number of aromatic nitrogens is 2. The molecular formula is C17H12FN3O2S. The predicted molar refractivity (Wildman–Crippen MR) is 92.0 cm³/mol. The summed E-state index contributed by atoms with van der Waals surface area (Å²) in [4.78, 5) is 29.9. The van der Waals surface area contributed by atoms with Crippen molar-refractivity contribution >= 4 is 27.6 Å². The van der Waals surface area contributed by atoms with Crippen LogP contribution in [0.15, 0.2) is 65.6 Å². The van der Waals surface area contributed by atoms with Crippen molar-refractivity contribution in [1.29, 1.82) is 0 Å². The SMILES string of the molecule is C=CC(=C)NC(=O)c1cc2ncsc2n(-c2ccc(F)cc2)c1=O. The van der Waals surface area contributed by atoms with E-state index in [4.69, 9.17) is 0 Å². The highest BCUT2D eigenvalue weighted by atomic mass is 32.1. The van der Waals surface area contributed by atoms with Crippen LogP contribution in [0.3, 0.4) is 0 Å². The number of hydrogen-bond donors (Lipinski definition) is 1. The van der Waals surface area contributed by atoms with E-state index in [1.165, 1.54) is 52.3 Å². The minimum Gasteiger partial charge on any atom is -0.322 e. The first-order chi connectivity index (χ1) is 11.5. The highest BCUT2D eigenvalue weighted by Crippen LogP contribution is 2.21. The molecule has 3 rings (SSSR count). The van der Waals surface area contributed by atoms with E-state index >= 15 is 0 Å². The fraction of sp³-hybridized carbons (Fsp3) is 0. The number of benzene rings is 1. The Morgan fingerprint density at radius 3 is 2.71 bits per heavy atom. The summed E-state index contributed by atoms with van der Waals surface area (Å²) in [6.45, 7) is 7.10. The van der Waals surface area contributed by atoms with Gasteiger partial charge in [0, 0.05) is 5.70 Å². The molecule has 0 bridgehead atoms. The molecule has 1 N–H and O–H groups in total. The van der Waals surface area contributed by atoms with E-state index in [0.717, 1.165) is 0 Å². The summed E-state index contributed by atoms with van der Waals surface area (Å²) in [5, 5.41) is 2.48. The zero-order valence-corrected chi connectivity index (χ0v) is 13.3. The maximum atomic E-state index is 13.2. The number of carbonyl (C=O) groups is 1. The van der Waals surface area contributed by atoms with E-state index in [9.17, 15) is 14.0 Å². The van der Waals surface area contributed by atoms with Crippen molar-refractivity contribution < 1.29 is 9.18 Å². The van der Waals surface area contributed by atoms with Gasteiger partial charge < -0.3 is 5.32 Å². The topological polar surface area (TPSA) is 64.0 Å². The number of thiazole rings is 1. The molecule has 3 aromatic rings. The van der Waals surface area contributed by atoms with Crippen molar-refractivity contribution in [3.8, 4) is 5.69 Å². The lowest BCUT2D eigenvalue weighted by atomic mass is 10.2. The molecule has 0 saturated carbocycles. The first-order valence-corrected chi connectivity index (χ1v) is 7.77. The van der Waals surface area contributed by atoms with Gasteiger partial charge in [0.25, 0.3) is 11.5 Å². The van der Waals surface area contributed by atoms with Crippen LogP contribution in [0.25, 0.3) is 16.0 Å². The maximum absolute atomic E-state index is 13.2. The Bertz CT molecular complexity index is 1020. The van der Waals surface area contributed by atoms with Crippen LogP contribution in [0.4, 0.5) is 4.39 Å². The third kappa shape index (κ3) is 2.77. The van der Waals surface area contributed by atoms with E-state index in [-0.39, 0.29) is 11.3 Å². The van der Waals surface area contributed by atoms with Gasteiger partial charge in [0.1, 0.15) is 16.2 Å². The van der Waals surface area contributed by atoms with Gasteiger partial charge in [0.05, 0.1) is 16.7 Å². The maximum Gasteiger partial charge on any atom is 0.269 e. The standard InChI is InChI=1S/C17H12FN3O2S/c1-3-10(2)20-15(22)13-8-14-17(24-9-19-14)21(16(13)23)12-6-4-11(18)5-7-12/h3-9H,1-2H2,(H,20,22). The molecule has 1 aromatic carbocycles. The zero-order valence-electron chi connectivity index (χ0n) is 12.5. The van der Waals surface area contributed by atoms with Crippen LogP contribution in [0, 0.1) is 5.82 Å². The van der Waals surface area contributed by atoms with Gasteiger partial charge in [-0.05, 0) is 36.4 Å². The molecule has 0 spiro atoms. The van der Waals surface area contributed by atoms with E-state index in [1.54, 1.807) is 5.51 Å². The van der Waals surface area contributed by atoms with Crippen LogP contribution < -0.4 is 10.9 Å². The molecule has 2 aromatic heterocycles. The Morgan fingerprint density at radius 1 is 1.33 bits per heavy atom. The van der Waals surface area contributed by atoms with E-state index < -0.39 is 17.3 Å². The van der Waals surface area contributed by atoms with Crippen molar-refractivity contribution in [2.24, 2.45) is 0 Å². The van der Waals surface area contributed by atoms with Gasteiger partial charge in [0.2, 0.25) is 0 Å². The van der Waals surface area contributed by atoms with Crippen LogP contribution in [-0.4, -0.2) is 15.5 Å². The van der Waals surface area contributed by atoms with E-state index in [0.29, 0.717) is 16.0 Å². The monoisotopic (exact) mass is 341 g/mol. The molecule has 2 heterocycles. The molecule has 24 heavy (non-hydrogen) atoms. The molecule has 0 aliphatic carbocycles. The summed E-state index contributed by atoms with van der Waals surface area (Å²) in [5.41, 5.74) is 2.21. The van der Waals surface area contributed by atoms with Crippen molar-refractivity contribution in [2.45, 2.75) is 0 Å². The second kappa shape index (κ2) is 6.21. The summed E-state index contributed by atoms with van der Waals surface area (Å²) in [7, 11) is 0. The minimum atomic E-state index is -0.601. The average molecular weight is 341 g/mol. The minimum absolute atomic E-state index is 0.0827. The summed E-state index contributed by atoms with van der Waals surface area (Å²) in [6.07, 6.45) is 1.37. The molecule has 0 atom stereocenters. The van der Waals surface area contributed by atoms with Crippen LogP contribution >= 0.6 is 11.3 Å². The summed E-state index contributed by atoms with van der Waals surface area (Å²) < 4.78 is 14.5. The Morgan fingerprint density at radius 2 is 2.04 bits per heavy atom. The number of hydrogen-bond acceptors (Lipinski definition) is 4. The summed E-state index contributed by atoms with van der Waals surface area (Å²) in [5.74, 6) is -1.01. The number of allylic oxidation sites excluding steroid dienone is 1. The molecule has 7 heteroatoms. The number of carbonyl (C=O) groups excluding carboxylic acids is 1. The number of rotatable bonds is 4. The number of amides is 1. The third-order valence-electron chi connectivity index (χ3n) is 3.34. The van der Waals surface area contributed by atoms with Gasteiger partial charge in [-0.25, -0.2) is 9.37 Å². The molecular weight excluding hydrogens is 329 g/mol. The van der Waals surface area contributed by atoms with Crippen LogP contribution in [-0.2, 0) is 0 Å². The Hall–Kier alpha value is -3.06. The Balaban J connectivity index is 2.23.